The predicted molar refractivity (Wildman–Crippen MR) is 291 cm³/mol. The van der Waals surface area contributed by atoms with E-state index in [0.717, 1.165) is 38.6 Å². The average molecular weight is 891 g/mol. The Morgan fingerprint density at radius 2 is 0.500 bits per heavy atom. The standard InChI is InChI=1S/C68H36F2/c69-43-23-19-39(20-24-43)58-46-18-10-9-17-45(46)57(37-11-3-1-4-12-37)65-51-31-27-47-50-30-34-54-64-53(33-29-49(62(50)64)48-28-32-52(66(58)65)63(51)61(47)48)67-59(38-13-5-2-6-14-38)55-35-41-15-7-8-16-42(41)36-56(55)60(68(54)67)40-21-25-44(70)26-22-40/h1-36H. The molecule has 0 aromatic heterocycles. The normalized spacial score (nSPS) is 12.4. The van der Waals surface area contributed by atoms with Gasteiger partial charge in [-0.15, -0.1) is 0 Å². The van der Waals surface area contributed by atoms with Gasteiger partial charge in [0.05, 0.1) is 0 Å². The molecule has 0 saturated heterocycles. The average Bonchev–Trinajstić information content (AvgIpc) is 3.92. The van der Waals surface area contributed by atoms with Crippen molar-refractivity contribution in [3.63, 3.8) is 0 Å². The molecule has 0 radical (unpaired) electrons. The van der Waals surface area contributed by atoms with E-state index in [-0.39, 0.29) is 11.6 Å². The molecule has 70 heavy (non-hydrogen) atoms. The largest absolute Gasteiger partial charge is 0.207 e. The summed E-state index contributed by atoms with van der Waals surface area (Å²) in [6.45, 7) is 0. The van der Waals surface area contributed by atoms with Crippen LogP contribution >= 0.6 is 0 Å². The summed E-state index contributed by atoms with van der Waals surface area (Å²) in [5.41, 5.74) is 18.7. The van der Waals surface area contributed by atoms with E-state index in [1.807, 2.05) is 24.3 Å². The highest BCUT2D eigenvalue weighted by Gasteiger charge is 2.35. The quantitative estimate of drug-likeness (QED) is 0.122. The van der Waals surface area contributed by atoms with Crippen LogP contribution in [-0.4, -0.2) is 0 Å². The van der Waals surface area contributed by atoms with Gasteiger partial charge in [-0.25, -0.2) is 8.78 Å². The van der Waals surface area contributed by atoms with E-state index in [0.29, 0.717) is 0 Å². The minimum absolute atomic E-state index is 0.247. The zero-order valence-corrected chi connectivity index (χ0v) is 37.5. The molecule has 2 aliphatic carbocycles. The Labute approximate surface area is 401 Å². The first-order chi connectivity index (χ1) is 34.6. The van der Waals surface area contributed by atoms with E-state index >= 15 is 0 Å². The van der Waals surface area contributed by atoms with Crippen LogP contribution in [0.3, 0.4) is 0 Å². The van der Waals surface area contributed by atoms with Gasteiger partial charge < -0.3 is 0 Å². The van der Waals surface area contributed by atoms with E-state index in [4.69, 9.17) is 0 Å². The van der Waals surface area contributed by atoms with Crippen molar-refractivity contribution in [1.29, 1.82) is 0 Å². The molecule has 16 rings (SSSR count). The van der Waals surface area contributed by atoms with E-state index < -0.39 is 0 Å². The summed E-state index contributed by atoms with van der Waals surface area (Å²) in [6.07, 6.45) is 0. The van der Waals surface area contributed by atoms with E-state index in [1.165, 1.54) is 126 Å². The summed E-state index contributed by atoms with van der Waals surface area (Å²) in [5, 5.41) is 16.9. The minimum atomic E-state index is -0.250. The van der Waals surface area contributed by atoms with Gasteiger partial charge in [-0.1, -0.05) is 182 Å². The van der Waals surface area contributed by atoms with Gasteiger partial charge in [0.25, 0.3) is 0 Å². The summed E-state index contributed by atoms with van der Waals surface area (Å²) in [4.78, 5) is 0. The van der Waals surface area contributed by atoms with Crippen LogP contribution < -0.4 is 0 Å². The summed E-state index contributed by atoms with van der Waals surface area (Å²) in [7, 11) is 0. The van der Waals surface area contributed by atoms with Crippen molar-refractivity contribution < 1.29 is 8.78 Å². The lowest BCUT2D eigenvalue weighted by Gasteiger charge is -2.21. The maximum Gasteiger partial charge on any atom is 0.123 e. The number of hydrogen-bond acceptors (Lipinski definition) is 0. The Balaban J connectivity index is 1.04. The van der Waals surface area contributed by atoms with Gasteiger partial charge in [-0.2, -0.15) is 0 Å². The molecule has 0 saturated carbocycles. The third-order valence-electron chi connectivity index (χ3n) is 15.8. The van der Waals surface area contributed by atoms with Gasteiger partial charge >= 0.3 is 0 Å². The Bertz CT molecular complexity index is 4590. The van der Waals surface area contributed by atoms with Gasteiger partial charge in [-0.3, -0.25) is 0 Å². The maximum absolute atomic E-state index is 14.8. The molecule has 0 fully saturated rings. The highest BCUT2D eigenvalue weighted by Crippen LogP contribution is 2.63. The van der Waals surface area contributed by atoms with Gasteiger partial charge in [0.15, 0.2) is 0 Å². The van der Waals surface area contributed by atoms with Crippen molar-refractivity contribution in [1.82, 2.24) is 0 Å². The van der Waals surface area contributed by atoms with Crippen molar-refractivity contribution in [3.8, 4) is 89.0 Å². The van der Waals surface area contributed by atoms with Crippen molar-refractivity contribution in [2.75, 3.05) is 0 Å². The predicted octanol–water partition coefficient (Wildman–Crippen LogP) is 19.4. The summed E-state index contributed by atoms with van der Waals surface area (Å²) >= 11 is 0. The van der Waals surface area contributed by atoms with Crippen LogP contribution in [0.1, 0.15) is 0 Å². The lowest BCUT2D eigenvalue weighted by atomic mass is 9.82. The molecule has 0 unspecified atom stereocenters. The van der Waals surface area contributed by atoms with Crippen LogP contribution in [0.15, 0.2) is 218 Å². The SMILES string of the molecule is Fc1ccc(-c2c3c(c(-c4ccccc4)c4ccccc24)-c2ccc4c5ccc6c7c(ccc(c8ccc-3c2c84)c75)-c2c-6c(-c3ccc(F)cc3)c3cc4ccccc4cc3c2-c2ccccc2)cc1. The summed E-state index contributed by atoms with van der Waals surface area (Å²) in [5.74, 6) is -0.497. The second kappa shape index (κ2) is 13.8. The van der Waals surface area contributed by atoms with Gasteiger partial charge in [0, 0.05) is 0 Å². The second-order valence-electron chi connectivity index (χ2n) is 19.2. The molecular formula is C68H36F2. The zero-order valence-electron chi connectivity index (χ0n) is 37.5. The first-order valence-corrected chi connectivity index (χ1v) is 24.0. The van der Waals surface area contributed by atoms with Gasteiger partial charge in [-0.05, 0) is 201 Å². The zero-order chi connectivity index (χ0) is 45.9. The molecule has 14 aromatic rings. The molecule has 0 heterocycles. The topological polar surface area (TPSA) is 0 Å². The smallest absolute Gasteiger partial charge is 0.123 e. The molecule has 0 bridgehead atoms. The molecule has 0 N–H and O–H groups in total. The molecule has 2 heteroatoms. The second-order valence-corrected chi connectivity index (χ2v) is 19.2. The molecule has 0 atom stereocenters. The molecule has 14 aromatic carbocycles. The highest BCUT2D eigenvalue weighted by molar-refractivity contribution is 6.42. The van der Waals surface area contributed by atoms with E-state index in [9.17, 15) is 8.78 Å². The van der Waals surface area contributed by atoms with Crippen LogP contribution in [0.2, 0.25) is 0 Å². The highest BCUT2D eigenvalue weighted by atomic mass is 19.1. The first kappa shape index (κ1) is 38.0. The fourth-order valence-electron chi connectivity index (χ4n) is 13.1. The van der Waals surface area contributed by atoms with Crippen LogP contribution in [0.4, 0.5) is 8.78 Å². The van der Waals surface area contributed by atoms with Crippen LogP contribution in [0, 0.1) is 11.6 Å². The number of benzene rings is 14. The third kappa shape index (κ3) is 4.92. The van der Waals surface area contributed by atoms with Crippen molar-refractivity contribution in [2.24, 2.45) is 0 Å². The first-order valence-electron chi connectivity index (χ1n) is 24.0. The Kier molecular flexibility index (Phi) is 7.51. The number of hydrogen-bond donors (Lipinski definition) is 0. The minimum Gasteiger partial charge on any atom is -0.207 e. The third-order valence-corrected chi connectivity index (χ3v) is 15.8. The fraction of sp³-hybridized carbons (Fsp3) is 0. The lowest BCUT2D eigenvalue weighted by molar-refractivity contribution is 0.627. The lowest BCUT2D eigenvalue weighted by Crippen LogP contribution is -1.94. The number of fused-ring (bicyclic) bond motifs is 11. The molecule has 0 nitrogen and oxygen atoms in total. The maximum atomic E-state index is 14.8. The van der Waals surface area contributed by atoms with Crippen LogP contribution in [0.25, 0.3) is 164 Å². The monoisotopic (exact) mass is 890 g/mol. The van der Waals surface area contributed by atoms with Crippen LogP contribution in [-0.2, 0) is 0 Å². The van der Waals surface area contributed by atoms with Crippen molar-refractivity contribution >= 4 is 75.4 Å². The molecule has 0 spiro atoms. The molecule has 0 aliphatic heterocycles. The van der Waals surface area contributed by atoms with Crippen molar-refractivity contribution in [2.45, 2.75) is 0 Å². The Morgan fingerprint density at radius 3 is 0.857 bits per heavy atom. The summed E-state index contributed by atoms with van der Waals surface area (Å²) in [6, 6.07) is 76.7. The Hall–Kier alpha value is -8.98. The fourth-order valence-corrected chi connectivity index (χ4v) is 13.1. The molecule has 2 aliphatic rings. The number of rotatable bonds is 4. The summed E-state index contributed by atoms with van der Waals surface area (Å²) < 4.78 is 29.5. The van der Waals surface area contributed by atoms with E-state index in [1.54, 1.807) is 24.3 Å². The molecular weight excluding hydrogens is 855 g/mol. The van der Waals surface area contributed by atoms with E-state index in [2.05, 4.69) is 170 Å². The van der Waals surface area contributed by atoms with Crippen LogP contribution in [0.5, 0.6) is 0 Å². The molecule has 0 amide bonds. The van der Waals surface area contributed by atoms with Gasteiger partial charge in [0.2, 0.25) is 0 Å². The Morgan fingerprint density at radius 1 is 0.200 bits per heavy atom. The van der Waals surface area contributed by atoms with Crippen molar-refractivity contribution in [3.05, 3.63) is 230 Å². The number of halogens is 2. The van der Waals surface area contributed by atoms with Gasteiger partial charge in [0.1, 0.15) is 11.6 Å². The molecule has 322 valence electrons.